The second kappa shape index (κ2) is 8.52. The van der Waals surface area contributed by atoms with E-state index < -0.39 is 5.97 Å². The maximum absolute atomic E-state index is 12.9. The van der Waals surface area contributed by atoms with Crippen molar-refractivity contribution in [2.24, 2.45) is 28.6 Å². The number of carbonyl (C=O) groups excluding carboxylic acids is 2. The van der Waals surface area contributed by atoms with E-state index in [2.05, 4.69) is 34.6 Å². The first kappa shape index (κ1) is 23.7. The van der Waals surface area contributed by atoms with E-state index in [1.165, 1.54) is 17.2 Å². The Balaban J connectivity index is 2.00. The van der Waals surface area contributed by atoms with Gasteiger partial charge in [-0.1, -0.05) is 31.9 Å². The van der Waals surface area contributed by atoms with Crippen LogP contribution >= 0.6 is 0 Å². The fourth-order valence-corrected chi connectivity index (χ4v) is 7.10. The number of ketones is 2. The van der Waals surface area contributed by atoms with Gasteiger partial charge in [0, 0.05) is 17.6 Å². The normalized spacial score (nSPS) is 35.9. The number of rotatable bonds is 5. The van der Waals surface area contributed by atoms with E-state index >= 15 is 0 Å². The lowest BCUT2D eigenvalue weighted by Crippen LogP contribution is -2.54. The van der Waals surface area contributed by atoms with Gasteiger partial charge in [-0.3, -0.25) is 14.4 Å². The summed E-state index contributed by atoms with van der Waals surface area (Å²) in [6.45, 7) is 13.0. The summed E-state index contributed by atoms with van der Waals surface area (Å²) < 4.78 is 0. The molecule has 0 radical (unpaired) electrons. The molecule has 1 N–H and O–H groups in total. The Morgan fingerprint density at radius 1 is 1.16 bits per heavy atom. The molecule has 3 rings (SSSR count). The predicted octanol–water partition coefficient (Wildman–Crippen LogP) is 6.07. The Kier molecular flexibility index (Phi) is 6.51. The maximum atomic E-state index is 12.9. The number of carboxylic acids is 1. The van der Waals surface area contributed by atoms with Crippen LogP contribution in [0, 0.1) is 28.6 Å². The summed E-state index contributed by atoms with van der Waals surface area (Å²) in [6.07, 6.45) is 8.69. The van der Waals surface area contributed by atoms with E-state index in [1.807, 2.05) is 0 Å². The lowest BCUT2D eigenvalue weighted by molar-refractivity contribution is -0.138. The van der Waals surface area contributed by atoms with Crippen LogP contribution < -0.4 is 0 Å². The summed E-state index contributed by atoms with van der Waals surface area (Å²) in [7, 11) is 0. The van der Waals surface area contributed by atoms with Gasteiger partial charge in [0.1, 0.15) is 0 Å². The summed E-state index contributed by atoms with van der Waals surface area (Å²) in [6, 6.07) is 0. The smallest absolute Gasteiger partial charge is 0.303 e. The molecule has 0 aliphatic heterocycles. The number of carbonyl (C=O) groups is 3. The molecule has 3 aliphatic rings. The Labute approximate surface area is 186 Å². The van der Waals surface area contributed by atoms with Gasteiger partial charge in [-0.2, -0.15) is 0 Å². The lowest BCUT2D eigenvalue weighted by Gasteiger charge is -2.61. The van der Waals surface area contributed by atoms with Crippen molar-refractivity contribution in [1.29, 1.82) is 0 Å². The minimum absolute atomic E-state index is 0.00326. The van der Waals surface area contributed by atoms with Crippen molar-refractivity contribution in [3.05, 3.63) is 34.4 Å². The van der Waals surface area contributed by atoms with E-state index in [0.717, 1.165) is 25.7 Å². The zero-order chi connectivity index (χ0) is 23.1. The average Bonchev–Trinajstić information content (AvgIpc) is 2.67. The molecule has 0 spiro atoms. The van der Waals surface area contributed by atoms with Crippen LogP contribution in [0.25, 0.3) is 0 Å². The summed E-state index contributed by atoms with van der Waals surface area (Å²) in [5, 5.41) is 9.39. The second-order valence-corrected chi connectivity index (χ2v) is 11.0. The second-order valence-electron chi connectivity index (χ2n) is 11.0. The molecule has 4 heteroatoms. The number of Topliss-reactive ketones (excluding diaryl/α,β-unsaturated/α-hetero) is 1. The Hall–Kier alpha value is -1.97. The van der Waals surface area contributed by atoms with E-state index in [1.54, 1.807) is 13.0 Å². The van der Waals surface area contributed by atoms with Gasteiger partial charge in [0.25, 0.3) is 0 Å². The molecular formula is C27H38O4. The number of fused-ring (bicyclic) bond motifs is 1. The Morgan fingerprint density at radius 3 is 2.45 bits per heavy atom. The van der Waals surface area contributed by atoms with Crippen LogP contribution in [0.4, 0.5) is 0 Å². The number of aliphatic carboxylic acids is 1. The van der Waals surface area contributed by atoms with Crippen molar-refractivity contribution in [1.82, 2.24) is 0 Å². The van der Waals surface area contributed by atoms with Crippen molar-refractivity contribution >= 4 is 17.5 Å². The van der Waals surface area contributed by atoms with E-state index in [-0.39, 0.29) is 34.7 Å². The molecular weight excluding hydrogens is 388 g/mol. The third-order valence-corrected chi connectivity index (χ3v) is 8.94. The van der Waals surface area contributed by atoms with Crippen LogP contribution in [0.15, 0.2) is 34.4 Å². The van der Waals surface area contributed by atoms with Gasteiger partial charge in [-0.25, -0.2) is 0 Å². The number of hydrogen-bond acceptors (Lipinski definition) is 3. The molecule has 0 aromatic heterocycles. The van der Waals surface area contributed by atoms with E-state index in [0.29, 0.717) is 35.8 Å². The largest absolute Gasteiger partial charge is 0.481 e. The molecule has 0 aromatic carbocycles. The molecule has 0 heterocycles. The average molecular weight is 427 g/mol. The molecule has 0 aromatic rings. The van der Waals surface area contributed by atoms with E-state index in [4.69, 9.17) is 0 Å². The quantitative estimate of drug-likeness (QED) is 0.428. The molecule has 170 valence electrons. The molecule has 0 bridgehead atoms. The summed E-state index contributed by atoms with van der Waals surface area (Å²) in [5.41, 5.74) is 3.87. The molecule has 0 unspecified atom stereocenters. The summed E-state index contributed by atoms with van der Waals surface area (Å²) >= 11 is 0. The maximum Gasteiger partial charge on any atom is 0.303 e. The first-order chi connectivity index (χ1) is 14.4. The molecule has 31 heavy (non-hydrogen) atoms. The van der Waals surface area contributed by atoms with Gasteiger partial charge >= 0.3 is 5.97 Å². The lowest BCUT2D eigenvalue weighted by atomic mass is 9.43. The van der Waals surface area contributed by atoms with Gasteiger partial charge < -0.3 is 5.11 Å². The first-order valence-corrected chi connectivity index (χ1v) is 11.8. The fourth-order valence-electron chi connectivity index (χ4n) is 7.10. The van der Waals surface area contributed by atoms with E-state index in [9.17, 15) is 19.5 Å². The third-order valence-electron chi connectivity index (χ3n) is 8.94. The van der Waals surface area contributed by atoms with Crippen LogP contribution in [0.5, 0.6) is 0 Å². The summed E-state index contributed by atoms with van der Waals surface area (Å²) in [4.78, 5) is 36.4. The van der Waals surface area contributed by atoms with Gasteiger partial charge in [-0.15, -0.1) is 0 Å². The van der Waals surface area contributed by atoms with Crippen LogP contribution in [0.1, 0.15) is 86.5 Å². The number of carboxylic acid groups (broad SMARTS) is 1. The van der Waals surface area contributed by atoms with Crippen LogP contribution in [-0.4, -0.2) is 22.6 Å². The van der Waals surface area contributed by atoms with Gasteiger partial charge in [0.15, 0.2) is 11.6 Å². The predicted molar refractivity (Wildman–Crippen MR) is 123 cm³/mol. The Bertz CT molecular complexity index is 885. The van der Waals surface area contributed by atoms with Gasteiger partial charge in [-0.05, 0) is 100 Å². The monoisotopic (exact) mass is 426 g/mol. The highest BCUT2D eigenvalue weighted by Crippen LogP contribution is 2.65. The number of allylic oxidation sites excluding steroid dienone is 6. The molecule has 3 aliphatic carbocycles. The fraction of sp³-hybridized carbons (Fsp3) is 0.667. The van der Waals surface area contributed by atoms with Gasteiger partial charge in [0.05, 0.1) is 0 Å². The SMILES string of the molecule is CC1=CC(=O)C=C(C[C@]2(C)[C@H]3CCC(=C(C)C)[C@@H](CCC(=O)O)[C@]3(C)CC[C@@H]2C)C1=O. The Morgan fingerprint density at radius 2 is 1.84 bits per heavy atom. The third kappa shape index (κ3) is 4.23. The molecule has 0 saturated heterocycles. The zero-order valence-electron chi connectivity index (χ0n) is 20.0. The van der Waals surface area contributed by atoms with Crippen LogP contribution in [-0.2, 0) is 14.4 Å². The standard InChI is InChI=1S/C27H38O4/c1-16(2)21-7-9-23-26(5,22(21)8-10-24(29)30)12-11-18(4)27(23,6)15-19-14-20(28)13-17(3)25(19)31/h13-14,18,22-23H,7-12,15H2,1-6H3,(H,29,30)/t18-,22+,23-,26-,27-/m0/s1. The van der Waals surface area contributed by atoms with Crippen molar-refractivity contribution in [3.8, 4) is 0 Å². The first-order valence-electron chi connectivity index (χ1n) is 11.8. The molecule has 4 nitrogen and oxygen atoms in total. The highest BCUT2D eigenvalue weighted by molar-refractivity contribution is 6.20. The highest BCUT2D eigenvalue weighted by atomic mass is 16.4. The molecule has 0 amide bonds. The van der Waals surface area contributed by atoms with Crippen molar-refractivity contribution in [2.75, 3.05) is 0 Å². The molecule has 2 fully saturated rings. The van der Waals surface area contributed by atoms with Crippen molar-refractivity contribution in [2.45, 2.75) is 86.5 Å². The molecule has 5 atom stereocenters. The minimum atomic E-state index is -0.732. The van der Waals surface area contributed by atoms with Crippen LogP contribution in [0.3, 0.4) is 0 Å². The molecule has 2 saturated carbocycles. The minimum Gasteiger partial charge on any atom is -0.481 e. The summed E-state index contributed by atoms with van der Waals surface area (Å²) in [5.74, 6) is 0.276. The van der Waals surface area contributed by atoms with Crippen molar-refractivity contribution in [3.63, 3.8) is 0 Å². The van der Waals surface area contributed by atoms with Crippen LogP contribution in [0.2, 0.25) is 0 Å². The number of hydrogen-bond donors (Lipinski definition) is 1. The zero-order valence-corrected chi connectivity index (χ0v) is 20.0. The van der Waals surface area contributed by atoms with Gasteiger partial charge in [0.2, 0.25) is 0 Å². The topological polar surface area (TPSA) is 71.4 Å². The highest BCUT2D eigenvalue weighted by Gasteiger charge is 2.57. The van der Waals surface area contributed by atoms with Crippen molar-refractivity contribution < 1.29 is 19.5 Å².